The van der Waals surface area contributed by atoms with Crippen LogP contribution in [0.3, 0.4) is 0 Å². The molecule has 0 N–H and O–H groups in total. The summed E-state index contributed by atoms with van der Waals surface area (Å²) < 4.78 is 16.5. The summed E-state index contributed by atoms with van der Waals surface area (Å²) in [6.07, 6.45) is 1.76. The van der Waals surface area contributed by atoms with E-state index in [1.54, 1.807) is 13.4 Å². The average Bonchev–Trinajstić information content (AvgIpc) is 3.23. The molecule has 0 saturated carbocycles. The van der Waals surface area contributed by atoms with Gasteiger partial charge < -0.3 is 18.8 Å². The Morgan fingerprint density at radius 1 is 1.00 bits per heavy atom. The van der Waals surface area contributed by atoms with Crippen LogP contribution in [-0.4, -0.2) is 49.8 Å². The van der Waals surface area contributed by atoms with Crippen molar-refractivity contribution in [2.45, 2.75) is 13.5 Å². The molecule has 0 spiro atoms. The van der Waals surface area contributed by atoms with Crippen molar-refractivity contribution in [3.05, 3.63) is 60.5 Å². The SMILES string of the molecule is CCOc1cccc(-c2nc(CN3CCN(c4ccc(OC)cc4)CC3)co2)c1. The number of nitrogens with zero attached hydrogens (tertiary/aromatic N) is 3. The van der Waals surface area contributed by atoms with Crippen LogP contribution in [0.1, 0.15) is 12.6 Å². The average molecular weight is 393 g/mol. The van der Waals surface area contributed by atoms with E-state index in [1.807, 2.05) is 43.3 Å². The van der Waals surface area contributed by atoms with E-state index in [4.69, 9.17) is 13.9 Å². The third-order valence-corrected chi connectivity index (χ3v) is 5.14. The highest BCUT2D eigenvalue weighted by Gasteiger charge is 2.19. The fourth-order valence-electron chi connectivity index (χ4n) is 3.58. The summed E-state index contributed by atoms with van der Waals surface area (Å²) in [6, 6.07) is 16.1. The molecule has 4 rings (SSSR count). The predicted octanol–water partition coefficient (Wildman–Crippen LogP) is 4.07. The second-order valence-corrected chi connectivity index (χ2v) is 7.07. The standard InChI is InChI=1S/C23H27N3O3/c1-3-28-22-6-4-5-18(15-22)23-24-19(17-29-23)16-25-11-13-26(14-12-25)20-7-9-21(27-2)10-8-20/h4-10,15,17H,3,11-14,16H2,1-2H3. The molecule has 29 heavy (non-hydrogen) atoms. The zero-order valence-corrected chi connectivity index (χ0v) is 17.0. The number of methoxy groups -OCH3 is 1. The predicted molar refractivity (Wildman–Crippen MR) is 114 cm³/mol. The third-order valence-electron chi connectivity index (χ3n) is 5.14. The van der Waals surface area contributed by atoms with Crippen molar-refractivity contribution in [1.82, 2.24) is 9.88 Å². The minimum atomic E-state index is 0.637. The Bertz CT molecular complexity index is 915. The molecule has 3 aromatic rings. The Hall–Kier alpha value is -2.99. The first-order chi connectivity index (χ1) is 14.2. The lowest BCUT2D eigenvalue weighted by molar-refractivity contribution is 0.247. The Kier molecular flexibility index (Phi) is 6.00. The minimum absolute atomic E-state index is 0.637. The van der Waals surface area contributed by atoms with Gasteiger partial charge in [-0.15, -0.1) is 0 Å². The fraction of sp³-hybridized carbons (Fsp3) is 0.348. The molecule has 2 aromatic carbocycles. The fourth-order valence-corrected chi connectivity index (χ4v) is 3.58. The third kappa shape index (κ3) is 4.71. The molecular weight excluding hydrogens is 366 g/mol. The van der Waals surface area contributed by atoms with E-state index < -0.39 is 0 Å². The molecule has 1 fully saturated rings. The maximum absolute atomic E-state index is 5.72. The zero-order chi connectivity index (χ0) is 20.1. The number of benzene rings is 2. The summed E-state index contributed by atoms with van der Waals surface area (Å²) in [7, 11) is 1.69. The molecule has 6 nitrogen and oxygen atoms in total. The summed E-state index contributed by atoms with van der Waals surface area (Å²) in [5.74, 6) is 2.36. The number of rotatable bonds is 7. The maximum atomic E-state index is 5.72. The number of hydrogen-bond donors (Lipinski definition) is 0. The van der Waals surface area contributed by atoms with Crippen LogP contribution < -0.4 is 14.4 Å². The summed E-state index contributed by atoms with van der Waals surface area (Å²) in [5, 5.41) is 0. The van der Waals surface area contributed by atoms with E-state index in [0.717, 1.165) is 55.5 Å². The van der Waals surface area contributed by atoms with Gasteiger partial charge in [-0.05, 0) is 49.4 Å². The largest absolute Gasteiger partial charge is 0.497 e. The molecule has 0 atom stereocenters. The molecule has 0 radical (unpaired) electrons. The molecule has 1 aromatic heterocycles. The van der Waals surface area contributed by atoms with Gasteiger partial charge >= 0.3 is 0 Å². The number of aromatic nitrogens is 1. The van der Waals surface area contributed by atoms with Crippen molar-refractivity contribution in [1.29, 1.82) is 0 Å². The van der Waals surface area contributed by atoms with E-state index >= 15 is 0 Å². The van der Waals surface area contributed by atoms with Gasteiger partial charge in [-0.2, -0.15) is 0 Å². The summed E-state index contributed by atoms with van der Waals surface area (Å²) in [6.45, 7) is 7.39. The topological polar surface area (TPSA) is 51.0 Å². The molecule has 152 valence electrons. The van der Waals surface area contributed by atoms with Gasteiger partial charge in [-0.25, -0.2) is 4.98 Å². The van der Waals surface area contributed by atoms with Gasteiger partial charge in [0.15, 0.2) is 0 Å². The lowest BCUT2D eigenvalue weighted by Crippen LogP contribution is -2.46. The normalized spacial score (nSPS) is 14.8. The molecule has 6 heteroatoms. The van der Waals surface area contributed by atoms with Crippen molar-refractivity contribution < 1.29 is 13.9 Å². The smallest absolute Gasteiger partial charge is 0.226 e. The molecule has 2 heterocycles. The van der Waals surface area contributed by atoms with Crippen LogP contribution in [0.2, 0.25) is 0 Å². The molecular formula is C23H27N3O3. The van der Waals surface area contributed by atoms with Crippen LogP contribution in [0.5, 0.6) is 11.5 Å². The van der Waals surface area contributed by atoms with Gasteiger partial charge in [-0.3, -0.25) is 4.90 Å². The minimum Gasteiger partial charge on any atom is -0.497 e. The van der Waals surface area contributed by atoms with Gasteiger partial charge in [-0.1, -0.05) is 6.07 Å². The number of oxazole rings is 1. The first-order valence-corrected chi connectivity index (χ1v) is 10.0. The zero-order valence-electron chi connectivity index (χ0n) is 17.0. The van der Waals surface area contributed by atoms with Crippen LogP contribution in [-0.2, 0) is 6.54 Å². The Labute approximate surface area is 171 Å². The molecule has 0 amide bonds. The van der Waals surface area contributed by atoms with Crippen molar-refractivity contribution in [3.63, 3.8) is 0 Å². The highest BCUT2D eigenvalue weighted by Crippen LogP contribution is 2.24. The van der Waals surface area contributed by atoms with Crippen molar-refractivity contribution >= 4 is 5.69 Å². The lowest BCUT2D eigenvalue weighted by Gasteiger charge is -2.35. The highest BCUT2D eigenvalue weighted by molar-refractivity contribution is 5.56. The Balaban J connectivity index is 1.33. The maximum Gasteiger partial charge on any atom is 0.226 e. The molecule has 0 bridgehead atoms. The first kappa shape index (κ1) is 19.3. The quantitative estimate of drug-likeness (QED) is 0.603. The van der Waals surface area contributed by atoms with Crippen LogP contribution in [0, 0.1) is 0 Å². The van der Waals surface area contributed by atoms with Gasteiger partial charge in [0.2, 0.25) is 5.89 Å². The van der Waals surface area contributed by atoms with Crippen LogP contribution in [0.15, 0.2) is 59.2 Å². The Morgan fingerprint density at radius 2 is 1.79 bits per heavy atom. The van der Waals surface area contributed by atoms with Crippen LogP contribution >= 0.6 is 0 Å². The number of piperazine rings is 1. The van der Waals surface area contributed by atoms with Crippen LogP contribution in [0.4, 0.5) is 5.69 Å². The monoisotopic (exact) mass is 393 g/mol. The molecule has 1 aliphatic heterocycles. The summed E-state index contributed by atoms with van der Waals surface area (Å²) >= 11 is 0. The summed E-state index contributed by atoms with van der Waals surface area (Å²) in [4.78, 5) is 9.50. The first-order valence-electron chi connectivity index (χ1n) is 10.0. The molecule has 0 unspecified atom stereocenters. The van der Waals surface area contributed by atoms with Gasteiger partial charge in [0.05, 0.1) is 19.4 Å². The Morgan fingerprint density at radius 3 is 2.52 bits per heavy atom. The van der Waals surface area contributed by atoms with Crippen molar-refractivity contribution in [2.75, 3.05) is 44.8 Å². The van der Waals surface area contributed by atoms with E-state index in [2.05, 4.69) is 26.9 Å². The lowest BCUT2D eigenvalue weighted by atomic mass is 10.2. The number of ether oxygens (including phenoxy) is 2. The van der Waals surface area contributed by atoms with Crippen LogP contribution in [0.25, 0.3) is 11.5 Å². The van der Waals surface area contributed by atoms with Gasteiger partial charge in [0.25, 0.3) is 0 Å². The van der Waals surface area contributed by atoms with Gasteiger partial charge in [0.1, 0.15) is 17.8 Å². The summed E-state index contributed by atoms with van der Waals surface area (Å²) in [5.41, 5.74) is 3.13. The van der Waals surface area contributed by atoms with Crippen molar-refractivity contribution in [3.8, 4) is 23.0 Å². The highest BCUT2D eigenvalue weighted by atomic mass is 16.5. The van der Waals surface area contributed by atoms with E-state index in [9.17, 15) is 0 Å². The van der Waals surface area contributed by atoms with E-state index in [0.29, 0.717) is 12.5 Å². The van der Waals surface area contributed by atoms with E-state index in [-0.39, 0.29) is 0 Å². The van der Waals surface area contributed by atoms with Gasteiger partial charge in [0, 0.05) is 44.0 Å². The van der Waals surface area contributed by atoms with E-state index in [1.165, 1.54) is 5.69 Å². The van der Waals surface area contributed by atoms with Crippen molar-refractivity contribution in [2.24, 2.45) is 0 Å². The molecule has 0 aliphatic carbocycles. The molecule has 1 aliphatic rings. The second kappa shape index (κ2) is 9.01. The second-order valence-electron chi connectivity index (χ2n) is 7.07. The number of anilines is 1. The molecule has 1 saturated heterocycles. The number of hydrogen-bond acceptors (Lipinski definition) is 6.